The van der Waals surface area contributed by atoms with Gasteiger partial charge in [-0.2, -0.15) is 5.10 Å². The zero-order valence-corrected chi connectivity index (χ0v) is 16.8. The molecule has 2 aromatic carbocycles. The number of hydrazone groups is 1. The van der Waals surface area contributed by atoms with Gasteiger partial charge >= 0.3 is 0 Å². The lowest BCUT2D eigenvalue weighted by atomic mass is 9.94. The minimum absolute atomic E-state index is 0.0920. The van der Waals surface area contributed by atoms with E-state index < -0.39 is 17.7 Å². The lowest BCUT2D eigenvalue weighted by molar-refractivity contribution is -0.134. The molecule has 2 aromatic rings. The lowest BCUT2D eigenvalue weighted by Gasteiger charge is -2.18. The van der Waals surface area contributed by atoms with Crippen LogP contribution in [0.1, 0.15) is 19.4 Å². The van der Waals surface area contributed by atoms with Crippen molar-refractivity contribution in [2.45, 2.75) is 13.8 Å². The van der Waals surface area contributed by atoms with E-state index in [1.807, 2.05) is 0 Å². The van der Waals surface area contributed by atoms with Crippen LogP contribution in [0.3, 0.4) is 0 Å². The molecule has 0 saturated carbocycles. The number of phenolic OH excluding ortho intramolecular Hbond substituents is 1. The van der Waals surface area contributed by atoms with Crippen molar-refractivity contribution in [1.29, 1.82) is 0 Å². The first-order chi connectivity index (χ1) is 13.9. The standard InChI is InChI=1S/C21H25N3O5/c1-13(2)18(20(26)23-15-8-10-16(28-3)11-9-15)21(27)24-22-12-14-6-5-7-17(29-4)19(14)25/h5-13,18,25H,1-4H3,(H,23,26)(H,24,27)/b22-12+. The quantitative estimate of drug-likeness (QED) is 0.359. The highest BCUT2D eigenvalue weighted by Crippen LogP contribution is 2.28. The number of carbonyl (C=O) groups excluding carboxylic acids is 2. The van der Waals surface area contributed by atoms with Crippen molar-refractivity contribution in [3.05, 3.63) is 48.0 Å². The van der Waals surface area contributed by atoms with Crippen LogP contribution in [0.5, 0.6) is 17.2 Å². The van der Waals surface area contributed by atoms with Gasteiger partial charge in [-0.15, -0.1) is 0 Å². The van der Waals surface area contributed by atoms with Crippen molar-refractivity contribution in [1.82, 2.24) is 5.43 Å². The second kappa shape index (κ2) is 10.1. The highest BCUT2D eigenvalue weighted by molar-refractivity contribution is 6.06. The smallest absolute Gasteiger partial charge is 0.252 e. The summed E-state index contributed by atoms with van der Waals surface area (Å²) >= 11 is 0. The van der Waals surface area contributed by atoms with Gasteiger partial charge in [-0.1, -0.05) is 19.9 Å². The number of hydrogen-bond donors (Lipinski definition) is 3. The number of nitrogens with zero attached hydrogens (tertiary/aromatic N) is 1. The van der Waals surface area contributed by atoms with Crippen molar-refractivity contribution in [3.8, 4) is 17.2 Å². The van der Waals surface area contributed by atoms with Crippen molar-refractivity contribution >= 4 is 23.7 Å². The summed E-state index contributed by atoms with van der Waals surface area (Å²) in [5.41, 5.74) is 3.28. The molecule has 0 fully saturated rings. The van der Waals surface area contributed by atoms with Crippen LogP contribution in [0, 0.1) is 11.8 Å². The lowest BCUT2D eigenvalue weighted by Crippen LogP contribution is -2.39. The van der Waals surface area contributed by atoms with Crippen molar-refractivity contribution < 1.29 is 24.2 Å². The molecule has 0 spiro atoms. The molecule has 0 aliphatic carbocycles. The number of aromatic hydroxyl groups is 1. The van der Waals surface area contributed by atoms with Crippen LogP contribution in [0.4, 0.5) is 5.69 Å². The number of methoxy groups -OCH3 is 2. The Balaban J connectivity index is 2.05. The molecule has 0 aliphatic rings. The fraction of sp³-hybridized carbons (Fsp3) is 0.286. The maximum atomic E-state index is 12.6. The Morgan fingerprint density at radius 1 is 1.03 bits per heavy atom. The van der Waals surface area contributed by atoms with Crippen LogP contribution < -0.4 is 20.2 Å². The third-order valence-electron chi connectivity index (χ3n) is 4.22. The van der Waals surface area contributed by atoms with Crippen LogP contribution >= 0.6 is 0 Å². The summed E-state index contributed by atoms with van der Waals surface area (Å²) in [6, 6.07) is 11.7. The Hall–Kier alpha value is -3.55. The Kier molecular flexibility index (Phi) is 7.59. The van der Waals surface area contributed by atoms with Gasteiger partial charge in [-0.25, -0.2) is 5.43 Å². The molecule has 8 heteroatoms. The third kappa shape index (κ3) is 5.71. The fourth-order valence-corrected chi connectivity index (χ4v) is 2.66. The second-order valence-electron chi connectivity index (χ2n) is 6.57. The molecule has 2 amide bonds. The number of carbonyl (C=O) groups is 2. The van der Waals surface area contributed by atoms with Crippen LogP contribution in [0.2, 0.25) is 0 Å². The Morgan fingerprint density at radius 2 is 1.72 bits per heavy atom. The van der Waals surface area contributed by atoms with E-state index in [0.717, 1.165) is 0 Å². The molecule has 1 unspecified atom stereocenters. The van der Waals surface area contributed by atoms with Crippen LogP contribution in [0.15, 0.2) is 47.6 Å². The minimum Gasteiger partial charge on any atom is -0.504 e. The summed E-state index contributed by atoms with van der Waals surface area (Å²) in [6.07, 6.45) is 1.29. The molecule has 0 bridgehead atoms. The normalized spacial score (nSPS) is 11.9. The molecule has 0 aromatic heterocycles. The molecule has 0 radical (unpaired) electrons. The van der Waals surface area contributed by atoms with Gasteiger partial charge in [0.15, 0.2) is 11.5 Å². The second-order valence-corrected chi connectivity index (χ2v) is 6.57. The van der Waals surface area contributed by atoms with Crippen molar-refractivity contribution in [3.63, 3.8) is 0 Å². The molecule has 2 rings (SSSR count). The largest absolute Gasteiger partial charge is 0.504 e. The average Bonchev–Trinajstić information content (AvgIpc) is 2.69. The van der Waals surface area contributed by atoms with Gasteiger partial charge in [0.2, 0.25) is 5.91 Å². The third-order valence-corrected chi connectivity index (χ3v) is 4.22. The molecular formula is C21H25N3O5. The predicted octanol–water partition coefficient (Wildman–Crippen LogP) is 2.77. The summed E-state index contributed by atoms with van der Waals surface area (Å²) in [5.74, 6) is -1.34. The number of phenols is 1. The Morgan fingerprint density at radius 3 is 2.31 bits per heavy atom. The van der Waals surface area contributed by atoms with E-state index in [9.17, 15) is 14.7 Å². The van der Waals surface area contributed by atoms with Crippen molar-refractivity contribution in [2.75, 3.05) is 19.5 Å². The molecule has 154 valence electrons. The van der Waals surface area contributed by atoms with E-state index in [2.05, 4.69) is 15.8 Å². The molecule has 0 heterocycles. The van der Waals surface area contributed by atoms with Gasteiger partial charge in [0, 0.05) is 11.3 Å². The van der Waals surface area contributed by atoms with Gasteiger partial charge in [-0.05, 0) is 42.3 Å². The number of ether oxygens (including phenoxy) is 2. The predicted molar refractivity (Wildman–Crippen MR) is 110 cm³/mol. The summed E-state index contributed by atoms with van der Waals surface area (Å²) in [5, 5.41) is 16.6. The van der Waals surface area contributed by atoms with E-state index in [0.29, 0.717) is 22.7 Å². The Labute approximate surface area is 169 Å². The molecule has 8 nitrogen and oxygen atoms in total. The van der Waals surface area contributed by atoms with Crippen molar-refractivity contribution in [2.24, 2.45) is 16.9 Å². The molecule has 3 N–H and O–H groups in total. The number of hydrogen-bond acceptors (Lipinski definition) is 6. The van der Waals surface area contributed by atoms with Gasteiger partial charge in [0.05, 0.1) is 20.4 Å². The van der Waals surface area contributed by atoms with Crippen LogP contribution in [0.25, 0.3) is 0 Å². The first-order valence-corrected chi connectivity index (χ1v) is 9.01. The average molecular weight is 399 g/mol. The topological polar surface area (TPSA) is 109 Å². The highest BCUT2D eigenvalue weighted by atomic mass is 16.5. The van der Waals surface area contributed by atoms with Crippen LogP contribution in [-0.4, -0.2) is 37.4 Å². The monoisotopic (exact) mass is 399 g/mol. The maximum absolute atomic E-state index is 12.6. The number of amides is 2. The Bertz CT molecular complexity index is 878. The van der Waals surface area contributed by atoms with Gasteiger partial charge in [0.1, 0.15) is 11.7 Å². The zero-order valence-electron chi connectivity index (χ0n) is 16.8. The number of rotatable bonds is 8. The SMILES string of the molecule is COc1ccc(NC(=O)C(C(=O)N/N=C/c2cccc(OC)c2O)C(C)C)cc1. The molecule has 0 saturated heterocycles. The first kappa shape index (κ1) is 21.7. The number of nitrogens with one attached hydrogen (secondary N) is 2. The first-order valence-electron chi connectivity index (χ1n) is 9.01. The molecular weight excluding hydrogens is 374 g/mol. The van der Waals surface area contributed by atoms with E-state index in [1.165, 1.54) is 13.3 Å². The van der Waals surface area contributed by atoms with Crippen LogP contribution in [-0.2, 0) is 9.59 Å². The molecule has 29 heavy (non-hydrogen) atoms. The summed E-state index contributed by atoms with van der Waals surface area (Å²) in [7, 11) is 2.99. The number of benzene rings is 2. The van der Waals surface area contributed by atoms with E-state index in [-0.39, 0.29) is 11.7 Å². The van der Waals surface area contributed by atoms with E-state index in [1.54, 1.807) is 63.4 Å². The summed E-state index contributed by atoms with van der Waals surface area (Å²) in [6.45, 7) is 3.55. The number of anilines is 1. The zero-order chi connectivity index (χ0) is 21.4. The summed E-state index contributed by atoms with van der Waals surface area (Å²) < 4.78 is 10.1. The molecule has 0 aliphatic heterocycles. The van der Waals surface area contributed by atoms with Gasteiger partial charge < -0.3 is 19.9 Å². The van der Waals surface area contributed by atoms with Gasteiger partial charge in [0.25, 0.3) is 5.91 Å². The van der Waals surface area contributed by atoms with E-state index >= 15 is 0 Å². The minimum atomic E-state index is -0.951. The fourth-order valence-electron chi connectivity index (χ4n) is 2.66. The maximum Gasteiger partial charge on any atom is 0.252 e. The number of para-hydroxylation sites is 1. The summed E-state index contributed by atoms with van der Waals surface area (Å²) in [4.78, 5) is 25.1. The van der Waals surface area contributed by atoms with E-state index in [4.69, 9.17) is 9.47 Å². The molecule has 1 atom stereocenters. The highest BCUT2D eigenvalue weighted by Gasteiger charge is 2.30. The van der Waals surface area contributed by atoms with Gasteiger partial charge in [-0.3, -0.25) is 9.59 Å².